The Morgan fingerprint density at radius 1 is 1.04 bits per heavy atom. The Hall–Kier alpha value is -1.14. The van der Waals surface area contributed by atoms with Crippen LogP contribution in [0, 0.1) is 5.41 Å². The van der Waals surface area contributed by atoms with Crippen molar-refractivity contribution in [2.75, 3.05) is 26.2 Å². The average molecular weight is 382 g/mol. The zero-order valence-electron chi connectivity index (χ0n) is 14.2. The molecule has 2 saturated heterocycles. The van der Waals surface area contributed by atoms with Crippen molar-refractivity contribution in [3.8, 4) is 5.69 Å². The number of fused-ring (bicyclic) bond motifs is 1. The van der Waals surface area contributed by atoms with Gasteiger partial charge in [-0.25, -0.2) is 0 Å². The molecule has 7 heteroatoms. The lowest BCUT2D eigenvalue weighted by molar-refractivity contribution is -0.0512. The Balaban J connectivity index is 0.000000911. The minimum atomic E-state index is 0. The van der Waals surface area contributed by atoms with E-state index in [-0.39, 0.29) is 24.8 Å². The van der Waals surface area contributed by atoms with E-state index in [2.05, 4.69) is 38.6 Å². The Morgan fingerprint density at radius 3 is 2.48 bits per heavy atom. The molecule has 0 bridgehead atoms. The van der Waals surface area contributed by atoms with E-state index >= 15 is 0 Å². The lowest BCUT2D eigenvalue weighted by Crippen LogP contribution is -2.60. The van der Waals surface area contributed by atoms with Gasteiger partial charge in [0.05, 0.1) is 18.1 Å². The standard InChI is InChI=1S/C18H23N5.2ClH/c1-4-17(22-12-18(13-22)5-7-19-8-6-18)16-3-2-15(11-14(1)16)23-20-9-10-21-23;;/h2-3,9-11,17,19H,1,4-8,12-13H2;2*1H/t17-;;/m1../s1. The fourth-order valence-electron chi connectivity index (χ4n) is 4.74. The first-order chi connectivity index (χ1) is 11.3. The molecule has 1 atom stereocenters. The first-order valence-corrected chi connectivity index (χ1v) is 8.77. The molecule has 1 N–H and O–H groups in total. The summed E-state index contributed by atoms with van der Waals surface area (Å²) in [6, 6.07) is 7.37. The Morgan fingerprint density at radius 2 is 1.76 bits per heavy atom. The Kier molecular flexibility index (Phi) is 5.40. The van der Waals surface area contributed by atoms with Crippen LogP contribution >= 0.6 is 24.8 Å². The maximum Gasteiger partial charge on any atom is 0.0859 e. The average Bonchev–Trinajstić information content (AvgIpc) is 3.22. The molecule has 0 radical (unpaired) electrons. The zero-order chi connectivity index (χ0) is 15.3. The van der Waals surface area contributed by atoms with E-state index < -0.39 is 0 Å². The number of piperidine rings is 1. The van der Waals surface area contributed by atoms with Crippen LogP contribution in [0.15, 0.2) is 30.6 Å². The SMILES string of the molecule is Cl.Cl.c1cnn(-c2ccc3c(c2)CC[C@H]3N2CC3(CCNCC3)C2)n1. The highest BCUT2D eigenvalue weighted by molar-refractivity contribution is 5.85. The summed E-state index contributed by atoms with van der Waals surface area (Å²) in [5.74, 6) is 0. The third-order valence-corrected chi connectivity index (χ3v) is 6.00. The molecule has 3 heterocycles. The smallest absolute Gasteiger partial charge is 0.0859 e. The molecule has 136 valence electrons. The van der Waals surface area contributed by atoms with E-state index in [1.54, 1.807) is 17.2 Å². The van der Waals surface area contributed by atoms with E-state index in [4.69, 9.17) is 0 Å². The summed E-state index contributed by atoms with van der Waals surface area (Å²) in [5, 5.41) is 12.0. The highest BCUT2D eigenvalue weighted by atomic mass is 35.5. The monoisotopic (exact) mass is 381 g/mol. The number of hydrogen-bond acceptors (Lipinski definition) is 4. The summed E-state index contributed by atoms with van der Waals surface area (Å²) in [6.45, 7) is 4.99. The lowest BCUT2D eigenvalue weighted by atomic mass is 9.71. The zero-order valence-corrected chi connectivity index (χ0v) is 15.9. The first kappa shape index (κ1) is 18.6. The van der Waals surface area contributed by atoms with Gasteiger partial charge in [0, 0.05) is 19.1 Å². The van der Waals surface area contributed by atoms with Crippen LogP contribution in [0.1, 0.15) is 36.4 Å². The lowest BCUT2D eigenvalue weighted by Gasteiger charge is -2.55. The van der Waals surface area contributed by atoms with E-state index in [1.165, 1.54) is 63.0 Å². The van der Waals surface area contributed by atoms with Crippen molar-refractivity contribution < 1.29 is 0 Å². The molecule has 1 spiro atoms. The molecular weight excluding hydrogens is 357 g/mol. The van der Waals surface area contributed by atoms with Crippen LogP contribution in [0.3, 0.4) is 0 Å². The molecule has 2 aromatic rings. The normalized spacial score (nSPS) is 24.1. The summed E-state index contributed by atoms with van der Waals surface area (Å²) in [4.78, 5) is 4.42. The summed E-state index contributed by atoms with van der Waals surface area (Å²) >= 11 is 0. The maximum atomic E-state index is 4.24. The number of benzene rings is 1. The predicted molar refractivity (Wildman–Crippen MR) is 103 cm³/mol. The largest absolute Gasteiger partial charge is 0.317 e. The van der Waals surface area contributed by atoms with Crippen molar-refractivity contribution in [2.45, 2.75) is 31.7 Å². The van der Waals surface area contributed by atoms with E-state index in [1.807, 2.05) is 0 Å². The van der Waals surface area contributed by atoms with Crippen molar-refractivity contribution >= 4 is 24.8 Å². The fraction of sp³-hybridized carbons (Fsp3) is 0.556. The van der Waals surface area contributed by atoms with Crippen molar-refractivity contribution in [3.63, 3.8) is 0 Å². The molecule has 0 saturated carbocycles. The molecule has 1 aromatic carbocycles. The van der Waals surface area contributed by atoms with Gasteiger partial charge in [0.25, 0.3) is 0 Å². The molecular formula is C18H25Cl2N5. The summed E-state index contributed by atoms with van der Waals surface area (Å²) in [5.41, 5.74) is 4.71. The molecule has 5 nitrogen and oxygen atoms in total. The number of rotatable bonds is 2. The van der Waals surface area contributed by atoms with Crippen LogP contribution in [0.5, 0.6) is 0 Å². The van der Waals surface area contributed by atoms with E-state index in [9.17, 15) is 0 Å². The number of nitrogens with zero attached hydrogens (tertiary/aromatic N) is 4. The molecule has 3 aliphatic rings. The summed E-state index contributed by atoms with van der Waals surface area (Å²) in [6.07, 6.45) is 8.61. The van der Waals surface area contributed by atoms with Gasteiger partial charge in [0.1, 0.15) is 0 Å². The maximum absolute atomic E-state index is 4.24. The van der Waals surface area contributed by atoms with Crippen molar-refractivity contribution in [3.05, 3.63) is 41.7 Å². The Labute approximate surface area is 161 Å². The third-order valence-electron chi connectivity index (χ3n) is 6.00. The predicted octanol–water partition coefficient (Wildman–Crippen LogP) is 2.78. The van der Waals surface area contributed by atoms with Crippen LogP contribution < -0.4 is 5.32 Å². The van der Waals surface area contributed by atoms with Gasteiger partial charge in [-0.2, -0.15) is 15.0 Å². The van der Waals surface area contributed by atoms with Gasteiger partial charge in [-0.3, -0.25) is 4.90 Å². The van der Waals surface area contributed by atoms with Crippen LogP contribution in [0.2, 0.25) is 0 Å². The number of halogens is 2. The van der Waals surface area contributed by atoms with Crippen LogP contribution in [-0.4, -0.2) is 46.1 Å². The molecule has 2 fully saturated rings. The molecule has 1 aliphatic carbocycles. The van der Waals surface area contributed by atoms with Gasteiger partial charge in [-0.05, 0) is 67.4 Å². The van der Waals surface area contributed by atoms with Gasteiger partial charge >= 0.3 is 0 Å². The topological polar surface area (TPSA) is 46.0 Å². The van der Waals surface area contributed by atoms with E-state index in [0.717, 1.165) is 5.69 Å². The van der Waals surface area contributed by atoms with Crippen molar-refractivity contribution in [1.29, 1.82) is 0 Å². The highest BCUT2D eigenvalue weighted by Crippen LogP contribution is 2.46. The third kappa shape index (κ3) is 3.19. The van der Waals surface area contributed by atoms with Crippen molar-refractivity contribution in [2.24, 2.45) is 5.41 Å². The molecule has 1 aromatic heterocycles. The second-order valence-corrected chi connectivity index (χ2v) is 7.41. The van der Waals surface area contributed by atoms with Crippen molar-refractivity contribution in [1.82, 2.24) is 25.2 Å². The second-order valence-electron chi connectivity index (χ2n) is 7.41. The quantitative estimate of drug-likeness (QED) is 0.868. The van der Waals surface area contributed by atoms with Gasteiger partial charge in [0.2, 0.25) is 0 Å². The highest BCUT2D eigenvalue weighted by Gasteiger charge is 2.46. The van der Waals surface area contributed by atoms with Gasteiger partial charge in [0.15, 0.2) is 0 Å². The summed E-state index contributed by atoms with van der Waals surface area (Å²) in [7, 11) is 0. The minimum absolute atomic E-state index is 0. The number of likely N-dealkylation sites (tertiary alicyclic amines) is 1. The summed E-state index contributed by atoms with van der Waals surface area (Å²) < 4.78 is 0. The minimum Gasteiger partial charge on any atom is -0.317 e. The first-order valence-electron chi connectivity index (χ1n) is 8.77. The number of aryl methyl sites for hydroxylation is 1. The molecule has 2 aliphatic heterocycles. The molecule has 0 unspecified atom stereocenters. The van der Waals surface area contributed by atoms with Crippen LogP contribution in [-0.2, 0) is 6.42 Å². The molecule has 5 rings (SSSR count). The van der Waals surface area contributed by atoms with Crippen LogP contribution in [0.4, 0.5) is 0 Å². The number of hydrogen-bond donors (Lipinski definition) is 1. The number of nitrogens with one attached hydrogen (secondary N) is 1. The number of aromatic nitrogens is 3. The van der Waals surface area contributed by atoms with Gasteiger partial charge in [-0.15, -0.1) is 24.8 Å². The molecule has 0 amide bonds. The second kappa shape index (κ2) is 7.23. The Bertz CT molecular complexity index is 704. The van der Waals surface area contributed by atoms with Gasteiger partial charge in [-0.1, -0.05) is 6.07 Å². The van der Waals surface area contributed by atoms with Gasteiger partial charge < -0.3 is 5.32 Å². The fourth-order valence-corrected chi connectivity index (χ4v) is 4.74. The molecule has 25 heavy (non-hydrogen) atoms. The van der Waals surface area contributed by atoms with E-state index in [0.29, 0.717) is 11.5 Å². The van der Waals surface area contributed by atoms with Crippen LogP contribution in [0.25, 0.3) is 5.69 Å².